The Balaban J connectivity index is 3.90. The van der Waals surface area contributed by atoms with E-state index >= 15 is 0 Å². The molecule has 0 radical (unpaired) electrons. The van der Waals surface area contributed by atoms with E-state index in [0.29, 0.717) is 6.61 Å². The summed E-state index contributed by atoms with van der Waals surface area (Å²) in [6.07, 6.45) is 4.56. The average Bonchev–Trinajstić information content (AvgIpc) is 2.15. The smallest absolute Gasteiger partial charge is 0.312 e. The second-order valence-electron chi connectivity index (χ2n) is 3.28. The van der Waals surface area contributed by atoms with E-state index in [0.717, 1.165) is 12.8 Å². The predicted octanol–water partition coefficient (Wildman–Crippen LogP) is 1.90. The maximum Gasteiger partial charge on any atom is 0.312 e. The molecule has 0 fully saturated rings. The predicted molar refractivity (Wildman–Crippen MR) is 55.9 cm³/mol. The standard InChI is InChI=1S/C11H20O3/c1-4-6-10(12)8-7-9(3)11(13)14-5-2/h7-10,12H,4-6H2,1-3H3/t9-,10+/m1/s1. The van der Waals surface area contributed by atoms with Gasteiger partial charge in [0.05, 0.1) is 18.6 Å². The molecule has 0 aliphatic carbocycles. The van der Waals surface area contributed by atoms with Crippen LogP contribution in [-0.4, -0.2) is 23.8 Å². The van der Waals surface area contributed by atoms with Gasteiger partial charge in [0, 0.05) is 0 Å². The molecule has 0 unspecified atom stereocenters. The van der Waals surface area contributed by atoms with Gasteiger partial charge in [-0.15, -0.1) is 0 Å². The summed E-state index contributed by atoms with van der Waals surface area (Å²) in [6, 6.07) is 0. The summed E-state index contributed by atoms with van der Waals surface area (Å²) < 4.78 is 4.82. The molecule has 0 aliphatic heterocycles. The molecule has 2 atom stereocenters. The van der Waals surface area contributed by atoms with E-state index in [4.69, 9.17) is 4.74 Å². The molecule has 3 nitrogen and oxygen atoms in total. The third-order valence-electron chi connectivity index (χ3n) is 1.86. The first-order chi connectivity index (χ1) is 6.61. The highest BCUT2D eigenvalue weighted by Gasteiger charge is 2.10. The highest BCUT2D eigenvalue weighted by Crippen LogP contribution is 2.04. The minimum Gasteiger partial charge on any atom is -0.466 e. The molecule has 0 rings (SSSR count). The molecule has 0 saturated heterocycles. The van der Waals surface area contributed by atoms with Crippen LogP contribution in [0.1, 0.15) is 33.6 Å². The quantitative estimate of drug-likeness (QED) is 0.526. The van der Waals surface area contributed by atoms with Crippen molar-refractivity contribution in [2.75, 3.05) is 6.61 Å². The highest BCUT2D eigenvalue weighted by atomic mass is 16.5. The molecule has 0 aromatic heterocycles. The molecule has 3 heteroatoms. The maximum absolute atomic E-state index is 11.2. The molecular formula is C11H20O3. The third-order valence-corrected chi connectivity index (χ3v) is 1.86. The Hall–Kier alpha value is -0.830. The van der Waals surface area contributed by atoms with Crippen LogP contribution in [0.2, 0.25) is 0 Å². The van der Waals surface area contributed by atoms with Gasteiger partial charge in [0.2, 0.25) is 0 Å². The Morgan fingerprint density at radius 1 is 1.43 bits per heavy atom. The lowest BCUT2D eigenvalue weighted by atomic mass is 10.1. The highest BCUT2D eigenvalue weighted by molar-refractivity contribution is 5.73. The monoisotopic (exact) mass is 200 g/mol. The van der Waals surface area contributed by atoms with Gasteiger partial charge in [0.15, 0.2) is 0 Å². The average molecular weight is 200 g/mol. The van der Waals surface area contributed by atoms with Gasteiger partial charge in [-0.05, 0) is 20.3 Å². The van der Waals surface area contributed by atoms with Crippen molar-refractivity contribution in [2.24, 2.45) is 5.92 Å². The summed E-state index contributed by atoms with van der Waals surface area (Å²) in [7, 11) is 0. The Morgan fingerprint density at radius 3 is 2.57 bits per heavy atom. The number of hydrogen-bond acceptors (Lipinski definition) is 3. The molecule has 0 aliphatic rings. The first kappa shape index (κ1) is 13.2. The Morgan fingerprint density at radius 2 is 2.07 bits per heavy atom. The van der Waals surface area contributed by atoms with E-state index < -0.39 is 6.10 Å². The Bertz CT molecular complexity index is 187. The second kappa shape index (κ2) is 7.56. The van der Waals surface area contributed by atoms with Crippen molar-refractivity contribution in [2.45, 2.75) is 39.7 Å². The zero-order chi connectivity index (χ0) is 11.0. The van der Waals surface area contributed by atoms with Gasteiger partial charge in [0.1, 0.15) is 0 Å². The first-order valence-corrected chi connectivity index (χ1v) is 5.14. The molecule has 0 saturated carbocycles. The van der Waals surface area contributed by atoms with Crippen molar-refractivity contribution < 1.29 is 14.6 Å². The van der Waals surface area contributed by atoms with Crippen molar-refractivity contribution in [1.29, 1.82) is 0 Å². The summed E-state index contributed by atoms with van der Waals surface area (Å²) >= 11 is 0. The van der Waals surface area contributed by atoms with Crippen molar-refractivity contribution in [3.63, 3.8) is 0 Å². The fourth-order valence-corrected chi connectivity index (χ4v) is 1.04. The van der Waals surface area contributed by atoms with Crippen molar-refractivity contribution >= 4 is 5.97 Å². The van der Waals surface area contributed by atoms with Crippen molar-refractivity contribution in [1.82, 2.24) is 0 Å². The molecule has 0 heterocycles. The van der Waals surface area contributed by atoms with Crippen LogP contribution in [0.5, 0.6) is 0 Å². The van der Waals surface area contributed by atoms with E-state index in [1.165, 1.54) is 0 Å². The number of carbonyl (C=O) groups is 1. The van der Waals surface area contributed by atoms with E-state index in [9.17, 15) is 9.90 Å². The minimum atomic E-state index is -0.447. The Kier molecular flexibility index (Phi) is 7.11. The van der Waals surface area contributed by atoms with Crippen LogP contribution in [0.3, 0.4) is 0 Å². The Labute approximate surface area is 85.8 Å². The van der Waals surface area contributed by atoms with Gasteiger partial charge in [-0.25, -0.2) is 0 Å². The molecule has 14 heavy (non-hydrogen) atoms. The second-order valence-corrected chi connectivity index (χ2v) is 3.28. The summed E-state index contributed by atoms with van der Waals surface area (Å²) in [5, 5.41) is 9.37. The minimum absolute atomic E-state index is 0.243. The van der Waals surface area contributed by atoms with Gasteiger partial charge < -0.3 is 9.84 Å². The normalized spacial score (nSPS) is 15.4. The molecule has 0 bridgehead atoms. The number of carbonyl (C=O) groups excluding carboxylic acids is 1. The molecule has 0 spiro atoms. The fourth-order valence-electron chi connectivity index (χ4n) is 1.04. The zero-order valence-electron chi connectivity index (χ0n) is 9.19. The van der Waals surface area contributed by atoms with Gasteiger partial charge in [0.25, 0.3) is 0 Å². The lowest BCUT2D eigenvalue weighted by Crippen LogP contribution is -2.13. The number of esters is 1. The van der Waals surface area contributed by atoms with Crippen LogP contribution < -0.4 is 0 Å². The summed E-state index contributed by atoms with van der Waals surface area (Å²) in [5.74, 6) is -0.520. The van der Waals surface area contributed by atoms with Crippen LogP contribution in [0.15, 0.2) is 12.2 Å². The molecule has 0 aromatic rings. The number of rotatable bonds is 6. The number of aliphatic hydroxyl groups excluding tert-OH is 1. The van der Waals surface area contributed by atoms with Gasteiger partial charge >= 0.3 is 5.97 Å². The van der Waals surface area contributed by atoms with Gasteiger partial charge in [-0.3, -0.25) is 4.79 Å². The molecular weight excluding hydrogens is 180 g/mol. The largest absolute Gasteiger partial charge is 0.466 e. The number of ether oxygens (including phenoxy) is 1. The SMILES string of the molecule is CCC[C@H](O)C=C[C@@H](C)C(=O)OCC. The number of hydrogen-bond donors (Lipinski definition) is 1. The lowest BCUT2D eigenvalue weighted by molar-refractivity contribution is -0.145. The summed E-state index contributed by atoms with van der Waals surface area (Å²) in [4.78, 5) is 11.2. The lowest BCUT2D eigenvalue weighted by Gasteiger charge is -2.07. The summed E-state index contributed by atoms with van der Waals surface area (Å²) in [6.45, 7) is 5.94. The molecule has 0 amide bonds. The van der Waals surface area contributed by atoms with Crippen molar-refractivity contribution in [3.05, 3.63) is 12.2 Å². The van der Waals surface area contributed by atoms with Crippen molar-refractivity contribution in [3.8, 4) is 0 Å². The van der Waals surface area contributed by atoms with Crippen LogP contribution in [0, 0.1) is 5.92 Å². The number of aliphatic hydroxyl groups is 1. The van der Waals surface area contributed by atoms with Crippen LogP contribution in [0.25, 0.3) is 0 Å². The van der Waals surface area contributed by atoms with Gasteiger partial charge in [-0.1, -0.05) is 25.5 Å². The van der Waals surface area contributed by atoms with Crippen LogP contribution >= 0.6 is 0 Å². The fraction of sp³-hybridized carbons (Fsp3) is 0.727. The third kappa shape index (κ3) is 5.75. The summed E-state index contributed by atoms with van der Waals surface area (Å²) in [5.41, 5.74) is 0. The zero-order valence-corrected chi connectivity index (χ0v) is 9.19. The molecule has 0 aromatic carbocycles. The topological polar surface area (TPSA) is 46.5 Å². The molecule has 82 valence electrons. The van der Waals surface area contributed by atoms with Crippen LogP contribution in [-0.2, 0) is 9.53 Å². The van der Waals surface area contributed by atoms with E-state index in [1.54, 1.807) is 26.0 Å². The van der Waals surface area contributed by atoms with Crippen LogP contribution in [0.4, 0.5) is 0 Å². The van der Waals surface area contributed by atoms with E-state index in [2.05, 4.69) is 0 Å². The maximum atomic E-state index is 11.2. The van der Waals surface area contributed by atoms with E-state index in [1.807, 2.05) is 6.92 Å². The van der Waals surface area contributed by atoms with Gasteiger partial charge in [-0.2, -0.15) is 0 Å². The molecule has 1 N–H and O–H groups in total. The first-order valence-electron chi connectivity index (χ1n) is 5.14. The van der Waals surface area contributed by atoms with E-state index in [-0.39, 0.29) is 11.9 Å².